The first-order valence-electron chi connectivity index (χ1n) is 6.83. The van der Waals surface area contributed by atoms with Crippen molar-refractivity contribution in [2.75, 3.05) is 19.7 Å². The van der Waals surface area contributed by atoms with Crippen molar-refractivity contribution in [2.24, 2.45) is 0 Å². The van der Waals surface area contributed by atoms with Crippen molar-refractivity contribution in [1.82, 2.24) is 4.90 Å². The van der Waals surface area contributed by atoms with Crippen LogP contribution in [-0.4, -0.2) is 47.7 Å². The molecule has 2 aliphatic rings. The van der Waals surface area contributed by atoms with E-state index in [-0.39, 0.29) is 19.1 Å². The highest BCUT2D eigenvalue weighted by Gasteiger charge is 2.53. The molecule has 1 aliphatic carbocycles. The fourth-order valence-electron chi connectivity index (χ4n) is 2.79. The summed E-state index contributed by atoms with van der Waals surface area (Å²) in [6.07, 6.45) is 0.773. The van der Waals surface area contributed by atoms with Crippen LogP contribution in [0.15, 0.2) is 30.3 Å². The van der Waals surface area contributed by atoms with Crippen molar-refractivity contribution in [2.45, 2.75) is 24.4 Å². The molecule has 1 amide bonds. The van der Waals surface area contributed by atoms with Crippen LogP contribution < -0.4 is 0 Å². The average molecular weight is 275 g/mol. The van der Waals surface area contributed by atoms with Crippen LogP contribution in [0.25, 0.3) is 0 Å². The summed E-state index contributed by atoms with van der Waals surface area (Å²) in [5.41, 5.74) is 0.602. The van der Waals surface area contributed by atoms with Gasteiger partial charge in [-0.25, -0.2) is 4.79 Å². The number of hydrogen-bond acceptors (Lipinski definition) is 3. The van der Waals surface area contributed by atoms with Gasteiger partial charge in [0, 0.05) is 6.54 Å². The van der Waals surface area contributed by atoms with E-state index in [4.69, 9.17) is 9.84 Å². The van der Waals surface area contributed by atoms with Crippen molar-refractivity contribution < 1.29 is 19.4 Å². The number of benzene rings is 1. The van der Waals surface area contributed by atoms with E-state index < -0.39 is 17.5 Å². The second kappa shape index (κ2) is 4.90. The second-order valence-electron chi connectivity index (χ2n) is 5.40. The first-order chi connectivity index (χ1) is 9.63. The molecule has 1 heterocycles. The maximum atomic E-state index is 12.7. The maximum absolute atomic E-state index is 12.7. The molecule has 3 rings (SSSR count). The van der Waals surface area contributed by atoms with Gasteiger partial charge in [0.25, 0.3) is 0 Å². The molecule has 0 bridgehead atoms. The Kier molecular flexibility index (Phi) is 3.22. The Balaban J connectivity index is 1.77. The number of morpholine rings is 1. The van der Waals surface area contributed by atoms with Gasteiger partial charge in [-0.05, 0) is 18.4 Å². The number of carbonyl (C=O) groups excluding carboxylic acids is 1. The van der Waals surface area contributed by atoms with Crippen molar-refractivity contribution in [3.8, 4) is 0 Å². The third-order valence-electron chi connectivity index (χ3n) is 4.11. The summed E-state index contributed by atoms with van der Waals surface area (Å²) < 4.78 is 5.17. The molecule has 0 aromatic heterocycles. The molecule has 1 saturated carbocycles. The molecule has 20 heavy (non-hydrogen) atoms. The molecule has 0 unspecified atom stereocenters. The quantitative estimate of drug-likeness (QED) is 0.894. The molecule has 1 N–H and O–H groups in total. The topological polar surface area (TPSA) is 66.8 Å². The van der Waals surface area contributed by atoms with Crippen LogP contribution in [0.2, 0.25) is 0 Å². The highest BCUT2D eigenvalue weighted by molar-refractivity contribution is 5.91. The molecule has 5 heteroatoms. The molecule has 0 radical (unpaired) electrons. The lowest BCUT2D eigenvalue weighted by molar-refractivity contribution is -0.160. The summed E-state index contributed by atoms with van der Waals surface area (Å²) in [6, 6.07) is 9.74. The fourth-order valence-corrected chi connectivity index (χ4v) is 2.79. The van der Waals surface area contributed by atoms with E-state index in [9.17, 15) is 9.59 Å². The van der Waals surface area contributed by atoms with Crippen LogP contribution in [0, 0.1) is 0 Å². The van der Waals surface area contributed by atoms with E-state index in [2.05, 4.69) is 0 Å². The van der Waals surface area contributed by atoms with Gasteiger partial charge in [-0.3, -0.25) is 4.79 Å². The molecule has 106 valence electrons. The van der Waals surface area contributed by atoms with Gasteiger partial charge in [0.15, 0.2) is 6.10 Å². The summed E-state index contributed by atoms with van der Waals surface area (Å²) in [7, 11) is 0. The minimum Gasteiger partial charge on any atom is -0.479 e. The largest absolute Gasteiger partial charge is 0.479 e. The number of carbonyl (C=O) groups is 2. The number of carboxylic acids is 1. The van der Waals surface area contributed by atoms with Gasteiger partial charge < -0.3 is 14.7 Å². The van der Waals surface area contributed by atoms with Crippen molar-refractivity contribution in [3.63, 3.8) is 0 Å². The van der Waals surface area contributed by atoms with E-state index in [0.29, 0.717) is 6.54 Å². The Morgan fingerprint density at radius 1 is 1.25 bits per heavy atom. The molecular weight excluding hydrogens is 258 g/mol. The normalized spacial score (nSPS) is 24.2. The highest BCUT2D eigenvalue weighted by Crippen LogP contribution is 2.49. The SMILES string of the molecule is O=C(O)[C@H]1CN(C(=O)C2(c3ccccc3)CC2)CCO1. The fraction of sp³-hybridized carbons (Fsp3) is 0.467. The Hall–Kier alpha value is -1.88. The van der Waals surface area contributed by atoms with E-state index >= 15 is 0 Å². The van der Waals surface area contributed by atoms with Gasteiger partial charge >= 0.3 is 5.97 Å². The lowest BCUT2D eigenvalue weighted by Gasteiger charge is -2.33. The summed E-state index contributed by atoms with van der Waals surface area (Å²) in [5, 5.41) is 9.01. The number of amides is 1. The summed E-state index contributed by atoms with van der Waals surface area (Å²) in [6.45, 7) is 0.896. The molecule has 5 nitrogen and oxygen atoms in total. The van der Waals surface area contributed by atoms with E-state index in [1.165, 1.54) is 0 Å². The van der Waals surface area contributed by atoms with Crippen LogP contribution in [0.3, 0.4) is 0 Å². The predicted molar refractivity (Wildman–Crippen MR) is 71.3 cm³/mol. The lowest BCUT2D eigenvalue weighted by atomic mass is 9.94. The van der Waals surface area contributed by atoms with Gasteiger partial charge in [0.2, 0.25) is 5.91 Å². The third-order valence-corrected chi connectivity index (χ3v) is 4.11. The molecule has 1 atom stereocenters. The standard InChI is InChI=1S/C15H17NO4/c17-13(18)12-10-16(8-9-20-12)14(19)15(6-7-15)11-4-2-1-3-5-11/h1-5,12H,6-10H2,(H,17,18)/t12-/m1/s1. The van der Waals surface area contributed by atoms with Gasteiger partial charge in [0.1, 0.15) is 0 Å². The lowest BCUT2D eigenvalue weighted by Crippen LogP contribution is -2.51. The van der Waals surface area contributed by atoms with Gasteiger partial charge in [-0.2, -0.15) is 0 Å². The van der Waals surface area contributed by atoms with Crippen LogP contribution in [0.4, 0.5) is 0 Å². The van der Waals surface area contributed by atoms with E-state index in [0.717, 1.165) is 18.4 Å². The Bertz CT molecular complexity index is 524. The zero-order valence-electron chi connectivity index (χ0n) is 11.1. The Morgan fingerprint density at radius 3 is 2.55 bits per heavy atom. The van der Waals surface area contributed by atoms with Gasteiger partial charge in [0.05, 0.1) is 18.6 Å². The molecule has 1 aromatic carbocycles. The van der Waals surface area contributed by atoms with Crippen LogP contribution in [-0.2, 0) is 19.7 Å². The summed E-state index contributed by atoms with van der Waals surface area (Å²) in [4.78, 5) is 25.4. The van der Waals surface area contributed by atoms with Crippen LogP contribution in [0.5, 0.6) is 0 Å². The van der Waals surface area contributed by atoms with Crippen molar-refractivity contribution in [1.29, 1.82) is 0 Å². The maximum Gasteiger partial charge on any atom is 0.334 e. The first-order valence-corrected chi connectivity index (χ1v) is 6.83. The zero-order chi connectivity index (χ0) is 14.2. The molecular formula is C15H17NO4. The number of hydrogen-bond donors (Lipinski definition) is 1. The number of rotatable bonds is 3. The predicted octanol–water partition coefficient (Wildman–Crippen LogP) is 1.03. The van der Waals surface area contributed by atoms with E-state index in [1.54, 1.807) is 4.90 Å². The van der Waals surface area contributed by atoms with Crippen LogP contribution in [0.1, 0.15) is 18.4 Å². The first kappa shape index (κ1) is 13.1. The molecule has 0 spiro atoms. The zero-order valence-corrected chi connectivity index (χ0v) is 11.1. The molecule has 1 saturated heterocycles. The monoisotopic (exact) mass is 275 g/mol. The van der Waals surface area contributed by atoms with E-state index in [1.807, 2.05) is 30.3 Å². The molecule has 1 aliphatic heterocycles. The third kappa shape index (κ3) is 2.18. The average Bonchev–Trinajstić information content (AvgIpc) is 3.29. The smallest absolute Gasteiger partial charge is 0.334 e. The molecule has 2 fully saturated rings. The number of nitrogens with zero attached hydrogens (tertiary/aromatic N) is 1. The number of ether oxygens (including phenoxy) is 1. The molecule has 1 aromatic rings. The van der Waals surface area contributed by atoms with Crippen LogP contribution >= 0.6 is 0 Å². The Labute approximate surface area is 117 Å². The highest BCUT2D eigenvalue weighted by atomic mass is 16.5. The van der Waals surface area contributed by atoms with Crippen molar-refractivity contribution in [3.05, 3.63) is 35.9 Å². The summed E-state index contributed by atoms with van der Waals surface area (Å²) >= 11 is 0. The minimum atomic E-state index is -1.01. The van der Waals surface area contributed by atoms with Gasteiger partial charge in [-0.15, -0.1) is 0 Å². The second-order valence-corrected chi connectivity index (χ2v) is 5.40. The summed E-state index contributed by atoms with van der Waals surface area (Å²) in [5.74, 6) is -0.967. The minimum absolute atomic E-state index is 0.0400. The Morgan fingerprint density at radius 2 is 1.95 bits per heavy atom. The number of aliphatic carboxylic acids is 1. The van der Waals surface area contributed by atoms with Gasteiger partial charge in [-0.1, -0.05) is 30.3 Å². The van der Waals surface area contributed by atoms with Crippen molar-refractivity contribution >= 4 is 11.9 Å². The number of carboxylic acid groups (broad SMARTS) is 1.